The zero-order chi connectivity index (χ0) is 27.7. The average molecular weight is 537 g/mol. The predicted octanol–water partition coefficient (Wildman–Crippen LogP) is 4.77. The largest absolute Gasteiger partial charge is 0.490 e. The second-order valence-corrected chi connectivity index (χ2v) is 8.79. The molecule has 0 aliphatic rings. The van der Waals surface area contributed by atoms with E-state index in [0.717, 1.165) is 16.7 Å². The summed E-state index contributed by atoms with van der Waals surface area (Å²) in [6.45, 7) is 7.45. The minimum atomic E-state index is -0.931. The number of aryl methyl sites for hydroxylation is 3. The molecule has 3 N–H and O–H groups in total. The molecule has 0 saturated carbocycles. The Labute approximate surface area is 226 Å². The molecule has 0 aliphatic heterocycles. The lowest BCUT2D eigenvalue weighted by Gasteiger charge is -2.14. The van der Waals surface area contributed by atoms with E-state index in [2.05, 4.69) is 21.2 Å². The zero-order valence-corrected chi connectivity index (χ0v) is 22.3. The van der Waals surface area contributed by atoms with Gasteiger partial charge in [-0.1, -0.05) is 47.5 Å². The molecule has 198 valence electrons. The molecule has 9 nitrogen and oxygen atoms in total. The van der Waals surface area contributed by atoms with Gasteiger partial charge in [0.05, 0.1) is 17.8 Å². The van der Waals surface area contributed by atoms with Crippen LogP contribution in [0.3, 0.4) is 0 Å². The summed E-state index contributed by atoms with van der Waals surface area (Å²) in [6, 6.07) is 16.0. The van der Waals surface area contributed by atoms with Crippen LogP contribution in [0.4, 0.5) is 11.4 Å². The monoisotopic (exact) mass is 536 g/mol. The molecule has 10 heteroatoms. The fourth-order valence-corrected chi connectivity index (χ4v) is 3.71. The Morgan fingerprint density at radius 2 is 1.61 bits per heavy atom. The first kappa shape index (κ1) is 28.2. The summed E-state index contributed by atoms with van der Waals surface area (Å²) in [5.74, 6) is -1.65. The van der Waals surface area contributed by atoms with Crippen LogP contribution in [-0.2, 0) is 14.4 Å². The highest BCUT2D eigenvalue weighted by atomic mass is 35.5. The minimum absolute atomic E-state index is 0.180. The van der Waals surface area contributed by atoms with Crippen LogP contribution in [0.5, 0.6) is 11.5 Å². The number of hydrazone groups is 1. The number of nitrogens with zero attached hydrogens (tertiary/aromatic N) is 1. The van der Waals surface area contributed by atoms with Crippen LogP contribution in [0.15, 0.2) is 59.7 Å². The van der Waals surface area contributed by atoms with E-state index in [0.29, 0.717) is 29.3 Å². The molecule has 0 atom stereocenters. The number of para-hydroxylation sites is 1. The highest BCUT2D eigenvalue weighted by Gasteiger charge is 2.16. The van der Waals surface area contributed by atoms with Crippen molar-refractivity contribution in [2.75, 3.05) is 23.8 Å². The van der Waals surface area contributed by atoms with E-state index in [9.17, 15) is 14.4 Å². The fraction of sp³-hybridized carbons (Fsp3) is 0.214. The highest BCUT2D eigenvalue weighted by molar-refractivity contribution is 6.39. The third-order valence-corrected chi connectivity index (χ3v) is 5.60. The van der Waals surface area contributed by atoms with Crippen LogP contribution in [0.25, 0.3) is 0 Å². The number of carbonyl (C=O) groups is 3. The van der Waals surface area contributed by atoms with Crippen molar-refractivity contribution < 1.29 is 23.9 Å². The lowest BCUT2D eigenvalue weighted by atomic mass is 10.1. The van der Waals surface area contributed by atoms with Gasteiger partial charge in [-0.25, -0.2) is 5.43 Å². The standard InChI is InChI=1S/C28H29ClN4O5/c1-5-37-23-14-20(15-30-33-28(36)27(35)32-25-18(3)7-6-8-19(25)4)13-22(29)26(23)38-16-24(34)31-21-11-9-17(2)10-12-21/h6-15H,5,16H2,1-4H3,(H,31,34)(H,32,35)(H,33,36)/b30-15-. The Balaban J connectivity index is 1.62. The van der Waals surface area contributed by atoms with Gasteiger partial charge in [0, 0.05) is 11.4 Å². The number of halogens is 1. The molecule has 0 spiro atoms. The van der Waals surface area contributed by atoms with Crippen LogP contribution >= 0.6 is 11.6 Å². The predicted molar refractivity (Wildman–Crippen MR) is 148 cm³/mol. The van der Waals surface area contributed by atoms with Gasteiger partial charge in [0.2, 0.25) is 0 Å². The van der Waals surface area contributed by atoms with Crippen molar-refractivity contribution in [2.24, 2.45) is 5.10 Å². The number of nitrogens with one attached hydrogen (secondary N) is 3. The van der Waals surface area contributed by atoms with Crippen molar-refractivity contribution in [1.82, 2.24) is 5.43 Å². The summed E-state index contributed by atoms with van der Waals surface area (Å²) in [6.07, 6.45) is 1.31. The maximum Gasteiger partial charge on any atom is 0.329 e. The molecule has 0 heterocycles. The zero-order valence-electron chi connectivity index (χ0n) is 21.6. The van der Waals surface area contributed by atoms with Crippen molar-refractivity contribution in [2.45, 2.75) is 27.7 Å². The summed E-state index contributed by atoms with van der Waals surface area (Å²) in [4.78, 5) is 36.8. The summed E-state index contributed by atoms with van der Waals surface area (Å²) in [7, 11) is 0. The van der Waals surface area contributed by atoms with E-state index in [4.69, 9.17) is 21.1 Å². The Morgan fingerprint density at radius 1 is 0.921 bits per heavy atom. The van der Waals surface area contributed by atoms with Gasteiger partial charge in [0.1, 0.15) is 0 Å². The van der Waals surface area contributed by atoms with Crippen molar-refractivity contribution in [3.8, 4) is 11.5 Å². The quantitative estimate of drug-likeness (QED) is 0.207. The lowest BCUT2D eigenvalue weighted by Crippen LogP contribution is -2.32. The van der Waals surface area contributed by atoms with E-state index in [1.807, 2.05) is 51.1 Å². The third kappa shape index (κ3) is 7.81. The molecule has 0 bridgehead atoms. The van der Waals surface area contributed by atoms with Crippen molar-refractivity contribution >= 4 is 46.9 Å². The number of carbonyl (C=O) groups excluding carboxylic acids is 3. The summed E-state index contributed by atoms with van der Waals surface area (Å²) in [5, 5.41) is 9.37. The molecule has 0 aromatic heterocycles. The topological polar surface area (TPSA) is 118 Å². The third-order valence-electron chi connectivity index (χ3n) is 5.32. The maximum atomic E-state index is 12.3. The number of amides is 3. The molecule has 0 aliphatic carbocycles. The highest BCUT2D eigenvalue weighted by Crippen LogP contribution is 2.36. The molecule has 0 saturated heterocycles. The molecule has 3 amide bonds. The summed E-state index contributed by atoms with van der Waals surface area (Å²) in [5.41, 5.74) is 6.65. The number of hydrogen-bond acceptors (Lipinski definition) is 6. The molecular weight excluding hydrogens is 508 g/mol. The van der Waals surface area contributed by atoms with Gasteiger partial charge in [-0.3, -0.25) is 14.4 Å². The Bertz CT molecular complexity index is 1340. The number of anilines is 2. The smallest absolute Gasteiger partial charge is 0.329 e. The van der Waals surface area contributed by atoms with E-state index in [-0.39, 0.29) is 23.3 Å². The first-order valence-electron chi connectivity index (χ1n) is 11.8. The van der Waals surface area contributed by atoms with E-state index < -0.39 is 11.8 Å². The summed E-state index contributed by atoms with van der Waals surface area (Å²) < 4.78 is 11.3. The fourth-order valence-electron chi connectivity index (χ4n) is 3.44. The van der Waals surface area contributed by atoms with Crippen molar-refractivity contribution in [1.29, 1.82) is 0 Å². The van der Waals surface area contributed by atoms with Gasteiger partial charge in [-0.15, -0.1) is 0 Å². The molecule has 0 radical (unpaired) electrons. The van der Waals surface area contributed by atoms with Gasteiger partial charge in [-0.05, 0) is 68.7 Å². The number of benzene rings is 3. The van der Waals surface area contributed by atoms with Crippen LogP contribution in [-0.4, -0.2) is 37.1 Å². The van der Waals surface area contributed by atoms with Gasteiger partial charge < -0.3 is 20.1 Å². The normalized spacial score (nSPS) is 10.7. The second kappa shape index (κ2) is 13.3. The van der Waals surface area contributed by atoms with Crippen LogP contribution in [0.1, 0.15) is 29.2 Å². The van der Waals surface area contributed by atoms with E-state index in [1.54, 1.807) is 25.1 Å². The average Bonchev–Trinajstić information content (AvgIpc) is 2.87. The van der Waals surface area contributed by atoms with Crippen LogP contribution in [0, 0.1) is 20.8 Å². The van der Waals surface area contributed by atoms with Gasteiger partial charge in [0.25, 0.3) is 5.91 Å². The molecule has 38 heavy (non-hydrogen) atoms. The molecular formula is C28H29ClN4O5. The second-order valence-electron chi connectivity index (χ2n) is 8.39. The Morgan fingerprint density at radius 3 is 2.26 bits per heavy atom. The maximum absolute atomic E-state index is 12.3. The van der Waals surface area contributed by atoms with Gasteiger partial charge in [-0.2, -0.15) is 5.10 Å². The Kier molecular flexibility index (Phi) is 9.84. The molecule has 0 fully saturated rings. The first-order chi connectivity index (χ1) is 18.2. The molecule has 3 aromatic rings. The van der Waals surface area contributed by atoms with Crippen molar-refractivity contribution in [3.05, 3.63) is 81.9 Å². The van der Waals surface area contributed by atoms with Crippen molar-refractivity contribution in [3.63, 3.8) is 0 Å². The van der Waals surface area contributed by atoms with E-state index in [1.165, 1.54) is 12.3 Å². The first-order valence-corrected chi connectivity index (χ1v) is 12.2. The minimum Gasteiger partial charge on any atom is -0.490 e. The SMILES string of the molecule is CCOc1cc(/C=N\NC(=O)C(=O)Nc2c(C)cccc2C)cc(Cl)c1OCC(=O)Nc1ccc(C)cc1. The Hall–Kier alpha value is -4.37. The molecule has 0 unspecified atom stereocenters. The lowest BCUT2D eigenvalue weighted by molar-refractivity contribution is -0.136. The van der Waals surface area contributed by atoms with E-state index >= 15 is 0 Å². The number of hydrogen-bond donors (Lipinski definition) is 3. The van der Waals surface area contributed by atoms with Gasteiger partial charge in [0.15, 0.2) is 18.1 Å². The number of rotatable bonds is 9. The summed E-state index contributed by atoms with van der Waals surface area (Å²) >= 11 is 6.39. The van der Waals surface area contributed by atoms with Gasteiger partial charge >= 0.3 is 11.8 Å². The molecule has 3 aromatic carbocycles. The van der Waals surface area contributed by atoms with Crippen LogP contribution < -0.4 is 25.5 Å². The van der Waals surface area contributed by atoms with Crippen LogP contribution in [0.2, 0.25) is 5.02 Å². The molecule has 3 rings (SSSR count). The number of ether oxygens (including phenoxy) is 2.